The molecular weight excluding hydrogens is 416 g/mol. The third-order valence-electron chi connectivity index (χ3n) is 4.49. The molecule has 0 amide bonds. The Morgan fingerprint density at radius 2 is 1.61 bits per heavy atom. The minimum atomic E-state index is -0.545. The fraction of sp³-hybridized carbons (Fsp3) is 0.0741. The molecule has 6 nitrogen and oxygen atoms in total. The van der Waals surface area contributed by atoms with Gasteiger partial charge in [-0.2, -0.15) is 10.5 Å². The fourth-order valence-electron chi connectivity index (χ4n) is 2.85. The molecule has 33 heavy (non-hydrogen) atoms. The molecule has 0 saturated carbocycles. The minimum Gasteiger partial charge on any atom is -0.493 e. The zero-order valence-electron chi connectivity index (χ0n) is 17.9. The maximum atomic E-state index is 12.2. The van der Waals surface area contributed by atoms with E-state index in [0.717, 1.165) is 11.1 Å². The number of hydrogen-bond donors (Lipinski definition) is 0. The second kappa shape index (κ2) is 11.5. The lowest BCUT2D eigenvalue weighted by molar-refractivity contribution is -0.128. The Bertz CT molecular complexity index is 1230. The lowest BCUT2D eigenvalue weighted by atomic mass is 10.1. The lowest BCUT2D eigenvalue weighted by Gasteiger charge is -2.11. The highest BCUT2D eigenvalue weighted by Crippen LogP contribution is 2.29. The first-order valence-corrected chi connectivity index (χ1v) is 9.98. The van der Waals surface area contributed by atoms with Gasteiger partial charge in [-0.15, -0.1) is 0 Å². The van der Waals surface area contributed by atoms with Crippen molar-refractivity contribution in [1.29, 1.82) is 10.5 Å². The van der Waals surface area contributed by atoms with Crippen molar-refractivity contribution in [1.82, 2.24) is 0 Å². The third-order valence-corrected chi connectivity index (χ3v) is 4.49. The predicted molar refractivity (Wildman–Crippen MR) is 124 cm³/mol. The summed E-state index contributed by atoms with van der Waals surface area (Å²) in [7, 11) is 1.56. The highest BCUT2D eigenvalue weighted by molar-refractivity contribution is 5.88. The molecule has 162 valence electrons. The fourth-order valence-corrected chi connectivity index (χ4v) is 2.85. The van der Waals surface area contributed by atoms with Crippen LogP contribution >= 0.6 is 0 Å². The van der Waals surface area contributed by atoms with E-state index in [1.165, 1.54) is 12.2 Å². The molecule has 0 aliphatic rings. The van der Waals surface area contributed by atoms with Gasteiger partial charge in [-0.05, 0) is 53.1 Å². The molecule has 0 spiro atoms. The van der Waals surface area contributed by atoms with E-state index in [9.17, 15) is 4.79 Å². The second-order valence-corrected chi connectivity index (χ2v) is 6.79. The predicted octanol–water partition coefficient (Wildman–Crippen LogP) is 5.32. The summed E-state index contributed by atoms with van der Waals surface area (Å²) in [6, 6.07) is 25.3. The molecular formula is C27H20N2O4. The van der Waals surface area contributed by atoms with Crippen LogP contribution in [-0.2, 0) is 11.4 Å². The van der Waals surface area contributed by atoms with Crippen LogP contribution in [0.15, 0.2) is 84.4 Å². The molecule has 0 saturated heterocycles. The van der Waals surface area contributed by atoms with Gasteiger partial charge in [0.25, 0.3) is 0 Å². The van der Waals surface area contributed by atoms with Gasteiger partial charge in [0.15, 0.2) is 11.5 Å². The first-order valence-electron chi connectivity index (χ1n) is 9.98. The molecule has 0 aliphatic heterocycles. The molecule has 0 bridgehead atoms. The van der Waals surface area contributed by atoms with Gasteiger partial charge >= 0.3 is 5.97 Å². The molecule has 0 aromatic heterocycles. The first-order chi connectivity index (χ1) is 16.1. The van der Waals surface area contributed by atoms with Crippen LogP contribution in [0.5, 0.6) is 17.2 Å². The zero-order chi connectivity index (χ0) is 23.5. The number of methoxy groups -OCH3 is 1. The number of carbonyl (C=O) groups is 1. The standard InChI is InChI=1S/C27H20N2O4/c1-31-26-16-21(9-13-25(26)32-19-22-5-3-2-4-6-22)10-14-27(30)33-24-11-7-20(8-12-24)15-23(17-28)18-29/h2-16H,19H2,1H3/b14-10+. The number of hydrogen-bond acceptors (Lipinski definition) is 6. The van der Waals surface area contributed by atoms with Gasteiger partial charge in [0.1, 0.15) is 30.1 Å². The lowest BCUT2D eigenvalue weighted by Crippen LogP contribution is -2.03. The molecule has 3 aromatic rings. The number of esters is 1. The van der Waals surface area contributed by atoms with Crippen molar-refractivity contribution < 1.29 is 19.0 Å². The highest BCUT2D eigenvalue weighted by atomic mass is 16.5. The van der Waals surface area contributed by atoms with E-state index in [4.69, 9.17) is 24.7 Å². The van der Waals surface area contributed by atoms with Gasteiger partial charge in [-0.1, -0.05) is 48.5 Å². The number of rotatable bonds is 8. The average molecular weight is 436 g/mol. The molecule has 0 unspecified atom stereocenters. The number of nitriles is 2. The first kappa shape index (κ1) is 22.9. The van der Waals surface area contributed by atoms with Crippen LogP contribution in [0.2, 0.25) is 0 Å². The molecule has 0 fully saturated rings. The number of nitrogens with zero attached hydrogens (tertiary/aromatic N) is 2. The van der Waals surface area contributed by atoms with Crippen LogP contribution in [0.25, 0.3) is 12.2 Å². The van der Waals surface area contributed by atoms with Gasteiger partial charge < -0.3 is 14.2 Å². The van der Waals surface area contributed by atoms with Crippen molar-refractivity contribution >= 4 is 18.1 Å². The zero-order valence-corrected chi connectivity index (χ0v) is 17.9. The summed E-state index contributed by atoms with van der Waals surface area (Å²) in [6.07, 6.45) is 4.39. The van der Waals surface area contributed by atoms with E-state index in [2.05, 4.69) is 0 Å². The molecule has 0 atom stereocenters. The van der Waals surface area contributed by atoms with Gasteiger partial charge in [0, 0.05) is 6.08 Å². The Balaban J connectivity index is 1.60. The Kier molecular flexibility index (Phi) is 8.00. The molecule has 0 heterocycles. The SMILES string of the molecule is COc1cc(/C=C/C(=O)Oc2ccc(C=C(C#N)C#N)cc2)ccc1OCc1ccccc1. The van der Waals surface area contributed by atoms with E-state index >= 15 is 0 Å². The largest absolute Gasteiger partial charge is 0.493 e. The van der Waals surface area contributed by atoms with Crippen LogP contribution < -0.4 is 14.2 Å². The van der Waals surface area contributed by atoms with E-state index in [1.54, 1.807) is 61.7 Å². The number of ether oxygens (including phenoxy) is 3. The Morgan fingerprint density at radius 3 is 2.27 bits per heavy atom. The summed E-state index contributed by atoms with van der Waals surface area (Å²) in [4.78, 5) is 12.2. The molecule has 3 aromatic carbocycles. The van der Waals surface area contributed by atoms with Gasteiger partial charge in [-0.25, -0.2) is 4.79 Å². The monoisotopic (exact) mass is 436 g/mol. The van der Waals surface area contributed by atoms with Crippen molar-refractivity contribution in [3.8, 4) is 29.4 Å². The van der Waals surface area contributed by atoms with Crippen molar-refractivity contribution in [2.24, 2.45) is 0 Å². The molecule has 0 radical (unpaired) electrons. The van der Waals surface area contributed by atoms with Crippen LogP contribution in [0.1, 0.15) is 16.7 Å². The molecule has 6 heteroatoms. The van der Waals surface area contributed by atoms with Crippen molar-refractivity contribution in [3.05, 3.63) is 101 Å². The van der Waals surface area contributed by atoms with Crippen LogP contribution in [0.4, 0.5) is 0 Å². The van der Waals surface area contributed by atoms with Crippen molar-refractivity contribution in [2.45, 2.75) is 6.61 Å². The summed E-state index contributed by atoms with van der Waals surface area (Å²) in [5, 5.41) is 17.6. The average Bonchev–Trinajstić information content (AvgIpc) is 2.86. The number of allylic oxidation sites excluding steroid dienone is 1. The summed E-state index contributed by atoms with van der Waals surface area (Å²) in [6.45, 7) is 0.418. The smallest absolute Gasteiger partial charge is 0.336 e. The molecule has 3 rings (SSSR count). The van der Waals surface area contributed by atoms with E-state index < -0.39 is 5.97 Å². The van der Waals surface area contributed by atoms with E-state index in [1.807, 2.05) is 36.4 Å². The maximum absolute atomic E-state index is 12.2. The summed E-state index contributed by atoms with van der Waals surface area (Å²) >= 11 is 0. The van der Waals surface area contributed by atoms with Crippen LogP contribution in [-0.4, -0.2) is 13.1 Å². The summed E-state index contributed by atoms with van der Waals surface area (Å²) in [5.41, 5.74) is 2.45. The second-order valence-electron chi connectivity index (χ2n) is 6.79. The maximum Gasteiger partial charge on any atom is 0.336 e. The van der Waals surface area contributed by atoms with Gasteiger partial charge in [-0.3, -0.25) is 0 Å². The summed E-state index contributed by atoms with van der Waals surface area (Å²) < 4.78 is 16.5. The quantitative estimate of drug-likeness (QED) is 0.205. The Labute approximate surface area is 192 Å². The normalized spacial score (nSPS) is 10.0. The van der Waals surface area contributed by atoms with Crippen molar-refractivity contribution in [3.63, 3.8) is 0 Å². The third kappa shape index (κ3) is 6.85. The van der Waals surface area contributed by atoms with Gasteiger partial charge in [0.05, 0.1) is 7.11 Å². The number of carbonyl (C=O) groups excluding carboxylic acids is 1. The molecule has 0 aliphatic carbocycles. The van der Waals surface area contributed by atoms with Crippen molar-refractivity contribution in [2.75, 3.05) is 7.11 Å². The Hall–Kier alpha value is -4.81. The minimum absolute atomic E-state index is 0.00501. The van der Waals surface area contributed by atoms with E-state index in [0.29, 0.717) is 29.4 Å². The molecule has 0 N–H and O–H groups in total. The van der Waals surface area contributed by atoms with E-state index in [-0.39, 0.29) is 5.57 Å². The van der Waals surface area contributed by atoms with Crippen LogP contribution in [0, 0.1) is 22.7 Å². The van der Waals surface area contributed by atoms with Crippen LogP contribution in [0.3, 0.4) is 0 Å². The Morgan fingerprint density at radius 1 is 0.909 bits per heavy atom. The summed E-state index contributed by atoms with van der Waals surface area (Å²) in [5.74, 6) is 0.960. The topological polar surface area (TPSA) is 92.3 Å². The van der Waals surface area contributed by atoms with Gasteiger partial charge in [0.2, 0.25) is 0 Å². The number of benzene rings is 3. The highest BCUT2D eigenvalue weighted by Gasteiger charge is 2.06.